The van der Waals surface area contributed by atoms with Gasteiger partial charge in [0.2, 0.25) is 0 Å². The van der Waals surface area contributed by atoms with Gasteiger partial charge in [0.15, 0.2) is 0 Å². The maximum Gasteiger partial charge on any atom is 0.141 e. The van der Waals surface area contributed by atoms with Crippen molar-refractivity contribution in [2.45, 2.75) is 32.1 Å². The predicted octanol–water partition coefficient (Wildman–Crippen LogP) is 3.31. The summed E-state index contributed by atoms with van der Waals surface area (Å²) in [7, 11) is 0. The molecule has 0 spiro atoms. The molecule has 3 heterocycles. The Kier molecular flexibility index (Phi) is 4.52. The summed E-state index contributed by atoms with van der Waals surface area (Å²) in [5.41, 5.74) is 2.62. The van der Waals surface area contributed by atoms with Crippen molar-refractivity contribution >= 4 is 17.4 Å². The third-order valence-electron chi connectivity index (χ3n) is 4.98. The lowest BCUT2D eigenvalue weighted by Gasteiger charge is -2.33. The van der Waals surface area contributed by atoms with Gasteiger partial charge in [-0.25, -0.2) is 9.97 Å². The molecule has 2 aromatic heterocycles. The molecule has 0 aromatic carbocycles. The Morgan fingerprint density at radius 2 is 2.08 bits per heavy atom. The minimum absolute atomic E-state index is 0.556. The van der Waals surface area contributed by atoms with E-state index < -0.39 is 0 Å². The van der Waals surface area contributed by atoms with Gasteiger partial charge in [-0.05, 0) is 38.0 Å². The first kappa shape index (κ1) is 15.6. The molecule has 2 aromatic rings. The van der Waals surface area contributed by atoms with Crippen LogP contribution in [0.2, 0.25) is 5.02 Å². The fourth-order valence-electron chi connectivity index (χ4n) is 3.61. The third-order valence-corrected chi connectivity index (χ3v) is 5.26. The second-order valence-corrected chi connectivity index (χ2v) is 6.93. The quantitative estimate of drug-likeness (QED) is 0.851. The van der Waals surface area contributed by atoms with Gasteiger partial charge in [0.05, 0.1) is 6.61 Å². The van der Waals surface area contributed by atoms with Crippen LogP contribution >= 0.6 is 11.6 Å². The number of fused-ring (bicyclic) bond motifs is 1. The first-order valence-electron chi connectivity index (χ1n) is 8.61. The molecule has 0 saturated carbocycles. The monoisotopic (exact) mass is 344 g/mol. The first-order chi connectivity index (χ1) is 11.8. The fourth-order valence-corrected chi connectivity index (χ4v) is 3.79. The molecule has 24 heavy (non-hydrogen) atoms. The van der Waals surface area contributed by atoms with Crippen LogP contribution in [-0.4, -0.2) is 34.6 Å². The Balaban J connectivity index is 1.34. The zero-order chi connectivity index (χ0) is 16.4. The summed E-state index contributed by atoms with van der Waals surface area (Å²) in [6, 6.07) is 1.82. The van der Waals surface area contributed by atoms with E-state index in [1.807, 2.05) is 6.07 Å². The van der Waals surface area contributed by atoms with Gasteiger partial charge in [-0.3, -0.25) is 4.98 Å². The van der Waals surface area contributed by atoms with Crippen molar-refractivity contribution in [1.29, 1.82) is 0 Å². The molecule has 0 radical (unpaired) electrons. The Bertz CT molecular complexity index is 716. The predicted molar refractivity (Wildman–Crippen MR) is 93.7 cm³/mol. The zero-order valence-corrected chi connectivity index (χ0v) is 14.4. The average Bonchev–Trinajstić information content (AvgIpc) is 3.10. The Morgan fingerprint density at radius 3 is 2.92 bits per heavy atom. The van der Waals surface area contributed by atoms with Crippen molar-refractivity contribution in [3.8, 4) is 5.75 Å². The highest BCUT2D eigenvalue weighted by Gasteiger charge is 2.25. The minimum Gasteiger partial charge on any atom is -0.492 e. The van der Waals surface area contributed by atoms with Gasteiger partial charge in [0.25, 0.3) is 0 Å². The molecular weight excluding hydrogens is 324 g/mol. The molecular formula is C18H21ClN4O. The van der Waals surface area contributed by atoms with Gasteiger partial charge < -0.3 is 9.64 Å². The lowest BCUT2D eigenvalue weighted by Crippen LogP contribution is -2.36. The van der Waals surface area contributed by atoms with Crippen LogP contribution in [0, 0.1) is 5.92 Å². The first-order valence-corrected chi connectivity index (χ1v) is 8.99. The number of nitrogens with zero attached hydrogens (tertiary/aromatic N) is 4. The van der Waals surface area contributed by atoms with E-state index in [4.69, 9.17) is 16.3 Å². The molecule has 0 bridgehead atoms. The molecule has 0 amide bonds. The lowest BCUT2D eigenvalue weighted by atomic mass is 9.97. The van der Waals surface area contributed by atoms with Crippen LogP contribution in [0.15, 0.2) is 24.8 Å². The molecule has 5 nitrogen and oxygen atoms in total. The summed E-state index contributed by atoms with van der Waals surface area (Å²) in [4.78, 5) is 15.4. The van der Waals surface area contributed by atoms with Crippen molar-refractivity contribution in [2.75, 3.05) is 24.6 Å². The Hall–Kier alpha value is -1.88. The van der Waals surface area contributed by atoms with Gasteiger partial charge in [-0.2, -0.15) is 0 Å². The second kappa shape index (κ2) is 6.93. The summed E-state index contributed by atoms with van der Waals surface area (Å²) in [6.45, 7) is 2.77. The summed E-state index contributed by atoms with van der Waals surface area (Å²) in [6.07, 6.45) is 10.7. The average molecular weight is 345 g/mol. The van der Waals surface area contributed by atoms with Gasteiger partial charge in [0.1, 0.15) is 22.9 Å². The summed E-state index contributed by atoms with van der Waals surface area (Å²) < 4.78 is 5.88. The van der Waals surface area contributed by atoms with Crippen molar-refractivity contribution < 1.29 is 4.74 Å². The molecule has 6 heteroatoms. The summed E-state index contributed by atoms with van der Waals surface area (Å²) >= 11 is 6.09. The molecule has 2 aliphatic rings. The smallest absolute Gasteiger partial charge is 0.141 e. The number of aromatic nitrogens is 3. The van der Waals surface area contributed by atoms with Gasteiger partial charge in [-0.1, -0.05) is 11.6 Å². The van der Waals surface area contributed by atoms with E-state index in [0.29, 0.717) is 17.5 Å². The molecule has 0 atom stereocenters. The fraction of sp³-hybridized carbons (Fsp3) is 0.500. The molecule has 0 N–H and O–H groups in total. The number of hydrogen-bond donors (Lipinski definition) is 0. The van der Waals surface area contributed by atoms with E-state index in [1.165, 1.54) is 17.7 Å². The number of halogens is 1. The van der Waals surface area contributed by atoms with E-state index in [2.05, 4.69) is 19.9 Å². The Labute approximate surface area is 147 Å². The molecule has 1 aliphatic carbocycles. The largest absolute Gasteiger partial charge is 0.492 e. The van der Waals surface area contributed by atoms with Crippen LogP contribution in [0.5, 0.6) is 5.75 Å². The lowest BCUT2D eigenvalue weighted by molar-refractivity contribution is 0.222. The van der Waals surface area contributed by atoms with E-state index in [1.54, 1.807) is 18.7 Å². The molecule has 1 aliphatic heterocycles. The van der Waals surface area contributed by atoms with Crippen LogP contribution in [0.3, 0.4) is 0 Å². The van der Waals surface area contributed by atoms with Crippen molar-refractivity contribution in [3.63, 3.8) is 0 Å². The highest BCUT2D eigenvalue weighted by Crippen LogP contribution is 2.31. The zero-order valence-electron chi connectivity index (χ0n) is 13.6. The van der Waals surface area contributed by atoms with Crippen LogP contribution in [-0.2, 0) is 12.8 Å². The SMILES string of the molecule is Clc1cnccc1OCC1CCN(c2ncnc3c2CCC3)CC1. The summed E-state index contributed by atoms with van der Waals surface area (Å²) in [5.74, 6) is 2.44. The molecule has 1 fully saturated rings. The maximum absolute atomic E-state index is 6.09. The maximum atomic E-state index is 6.09. The standard InChI is InChI=1S/C18H21ClN4O/c19-15-10-20-7-4-17(15)24-11-13-5-8-23(9-6-13)18-14-2-1-3-16(14)21-12-22-18/h4,7,10,12-13H,1-3,5-6,8-9,11H2. The number of aryl methyl sites for hydroxylation is 1. The van der Waals surface area contributed by atoms with Crippen LogP contribution in [0.1, 0.15) is 30.5 Å². The molecule has 1 saturated heterocycles. The van der Waals surface area contributed by atoms with E-state index in [9.17, 15) is 0 Å². The highest BCUT2D eigenvalue weighted by molar-refractivity contribution is 6.31. The van der Waals surface area contributed by atoms with E-state index in [-0.39, 0.29) is 0 Å². The van der Waals surface area contributed by atoms with Gasteiger partial charge in [-0.15, -0.1) is 0 Å². The third kappa shape index (κ3) is 3.18. The van der Waals surface area contributed by atoms with Crippen molar-refractivity contribution in [1.82, 2.24) is 15.0 Å². The molecule has 0 unspecified atom stereocenters. The normalized spacial score (nSPS) is 17.8. The number of pyridine rings is 1. The van der Waals surface area contributed by atoms with Crippen molar-refractivity contribution in [2.24, 2.45) is 5.92 Å². The van der Waals surface area contributed by atoms with E-state index in [0.717, 1.165) is 50.3 Å². The number of rotatable bonds is 4. The van der Waals surface area contributed by atoms with E-state index >= 15 is 0 Å². The van der Waals surface area contributed by atoms with Gasteiger partial charge in [0, 0.05) is 42.8 Å². The number of hydrogen-bond acceptors (Lipinski definition) is 5. The number of ether oxygens (including phenoxy) is 1. The number of anilines is 1. The van der Waals surface area contributed by atoms with Crippen LogP contribution in [0.25, 0.3) is 0 Å². The van der Waals surface area contributed by atoms with Crippen molar-refractivity contribution in [3.05, 3.63) is 41.1 Å². The molecule has 4 rings (SSSR count). The number of piperidine rings is 1. The second-order valence-electron chi connectivity index (χ2n) is 6.52. The minimum atomic E-state index is 0.556. The summed E-state index contributed by atoms with van der Waals surface area (Å²) in [5, 5.41) is 0.575. The Morgan fingerprint density at radius 1 is 1.21 bits per heavy atom. The topological polar surface area (TPSA) is 51.1 Å². The van der Waals surface area contributed by atoms with Gasteiger partial charge >= 0.3 is 0 Å². The van der Waals surface area contributed by atoms with Crippen LogP contribution in [0.4, 0.5) is 5.82 Å². The molecule has 126 valence electrons. The van der Waals surface area contributed by atoms with Crippen LogP contribution < -0.4 is 9.64 Å². The highest BCUT2D eigenvalue weighted by atomic mass is 35.5.